The molecule has 0 radical (unpaired) electrons. The Kier molecular flexibility index (Phi) is 7.22. The molecule has 0 saturated carbocycles. The topological polar surface area (TPSA) is 114 Å². The van der Waals surface area contributed by atoms with Gasteiger partial charge < -0.3 is 24.8 Å². The minimum absolute atomic E-state index is 0.187. The van der Waals surface area contributed by atoms with Crippen LogP contribution in [-0.2, 0) is 11.2 Å². The van der Waals surface area contributed by atoms with Gasteiger partial charge in [0.15, 0.2) is 0 Å². The molecule has 9 nitrogen and oxygen atoms in total. The van der Waals surface area contributed by atoms with Crippen LogP contribution >= 0.6 is 0 Å². The van der Waals surface area contributed by atoms with Crippen LogP contribution in [0.3, 0.4) is 0 Å². The molecule has 1 amide bonds. The van der Waals surface area contributed by atoms with Crippen molar-refractivity contribution in [1.82, 2.24) is 14.9 Å². The van der Waals surface area contributed by atoms with Crippen molar-refractivity contribution >= 4 is 17.9 Å². The van der Waals surface area contributed by atoms with Gasteiger partial charge in [-0.1, -0.05) is 30.3 Å². The zero-order chi connectivity index (χ0) is 23.1. The van der Waals surface area contributed by atoms with Crippen LogP contribution in [0.25, 0.3) is 11.1 Å². The summed E-state index contributed by atoms with van der Waals surface area (Å²) >= 11 is 0. The van der Waals surface area contributed by atoms with Crippen LogP contribution in [0, 0.1) is 0 Å². The SMILES string of the molecule is COc1ccccc1-c1cncnc1N[C@@H](Cc1ccc(OC(=O)N(C)C)cc1)C(=O)O. The maximum Gasteiger partial charge on any atom is 0.414 e. The molecule has 3 rings (SSSR count). The number of benzene rings is 2. The lowest BCUT2D eigenvalue weighted by molar-refractivity contribution is -0.137. The first-order valence-electron chi connectivity index (χ1n) is 9.80. The summed E-state index contributed by atoms with van der Waals surface area (Å²) in [5.74, 6) is 0.354. The Morgan fingerprint density at radius 2 is 1.81 bits per heavy atom. The monoisotopic (exact) mass is 436 g/mol. The number of aromatic nitrogens is 2. The maximum absolute atomic E-state index is 12.0. The summed E-state index contributed by atoms with van der Waals surface area (Å²) in [5.41, 5.74) is 2.12. The predicted octanol–water partition coefficient (Wildman–Crippen LogP) is 3.32. The number of carboxylic acid groups (broad SMARTS) is 1. The van der Waals surface area contributed by atoms with Crippen LogP contribution in [0.4, 0.5) is 10.6 Å². The Morgan fingerprint density at radius 1 is 1.09 bits per heavy atom. The molecule has 0 aliphatic rings. The van der Waals surface area contributed by atoms with E-state index in [9.17, 15) is 14.7 Å². The minimum Gasteiger partial charge on any atom is -0.496 e. The van der Waals surface area contributed by atoms with E-state index in [-0.39, 0.29) is 6.42 Å². The summed E-state index contributed by atoms with van der Waals surface area (Å²) in [5, 5.41) is 12.8. The normalized spacial score (nSPS) is 11.3. The number of methoxy groups -OCH3 is 1. The highest BCUT2D eigenvalue weighted by molar-refractivity contribution is 5.83. The van der Waals surface area contributed by atoms with E-state index in [0.717, 1.165) is 11.1 Å². The van der Waals surface area contributed by atoms with Crippen molar-refractivity contribution in [2.24, 2.45) is 0 Å². The number of carboxylic acids is 1. The van der Waals surface area contributed by atoms with Gasteiger partial charge in [0, 0.05) is 37.8 Å². The van der Waals surface area contributed by atoms with Crippen molar-refractivity contribution in [2.45, 2.75) is 12.5 Å². The quantitative estimate of drug-likeness (QED) is 0.553. The second-order valence-electron chi connectivity index (χ2n) is 7.13. The van der Waals surface area contributed by atoms with E-state index in [1.807, 2.05) is 24.3 Å². The van der Waals surface area contributed by atoms with Crippen molar-refractivity contribution in [1.29, 1.82) is 0 Å². The summed E-state index contributed by atoms with van der Waals surface area (Å²) < 4.78 is 10.6. The molecule has 0 aliphatic carbocycles. The fourth-order valence-corrected chi connectivity index (χ4v) is 3.00. The third-order valence-corrected chi connectivity index (χ3v) is 4.65. The lowest BCUT2D eigenvalue weighted by Crippen LogP contribution is -2.32. The Hall–Kier alpha value is -4.14. The number of aliphatic carboxylic acids is 1. The number of carbonyl (C=O) groups is 2. The highest BCUT2D eigenvalue weighted by Gasteiger charge is 2.21. The molecule has 0 bridgehead atoms. The highest BCUT2D eigenvalue weighted by Crippen LogP contribution is 2.33. The number of rotatable bonds is 8. The molecule has 1 aromatic heterocycles. The van der Waals surface area contributed by atoms with Crippen molar-refractivity contribution in [2.75, 3.05) is 26.5 Å². The summed E-state index contributed by atoms with van der Waals surface area (Å²) in [7, 11) is 4.74. The van der Waals surface area contributed by atoms with Gasteiger partial charge >= 0.3 is 12.1 Å². The Labute approximate surface area is 185 Å². The standard InChI is InChI=1S/C23H24N4O5/c1-27(2)23(30)32-16-10-8-15(9-11-16)12-19(22(28)29)26-21-18(13-24-14-25-21)17-6-4-5-7-20(17)31-3/h4-11,13-14,19H,12H2,1-3H3,(H,28,29)(H,24,25,26)/t19-/m0/s1. The Balaban J connectivity index is 1.80. The van der Waals surface area contributed by atoms with Gasteiger partial charge in [0.05, 0.1) is 7.11 Å². The van der Waals surface area contributed by atoms with E-state index < -0.39 is 18.1 Å². The number of carbonyl (C=O) groups excluding carboxylic acids is 1. The first-order valence-corrected chi connectivity index (χ1v) is 9.80. The molecular formula is C23H24N4O5. The van der Waals surface area contributed by atoms with E-state index in [2.05, 4.69) is 15.3 Å². The van der Waals surface area contributed by atoms with Crippen molar-refractivity contribution in [3.05, 3.63) is 66.6 Å². The van der Waals surface area contributed by atoms with E-state index >= 15 is 0 Å². The molecule has 1 heterocycles. The number of para-hydroxylation sites is 1. The first kappa shape index (κ1) is 22.5. The van der Waals surface area contributed by atoms with Gasteiger partial charge in [-0.25, -0.2) is 19.6 Å². The molecule has 166 valence electrons. The molecular weight excluding hydrogens is 412 g/mol. The van der Waals surface area contributed by atoms with Gasteiger partial charge in [0.2, 0.25) is 0 Å². The molecule has 0 spiro atoms. The molecule has 0 saturated heterocycles. The zero-order valence-electron chi connectivity index (χ0n) is 18.0. The van der Waals surface area contributed by atoms with Crippen LogP contribution in [0.5, 0.6) is 11.5 Å². The average Bonchev–Trinajstić information content (AvgIpc) is 2.80. The lowest BCUT2D eigenvalue weighted by Gasteiger charge is -2.18. The number of amides is 1. The van der Waals surface area contributed by atoms with Crippen LogP contribution in [-0.4, -0.2) is 59.3 Å². The maximum atomic E-state index is 12.0. The summed E-state index contributed by atoms with van der Waals surface area (Å²) in [6.07, 6.45) is 2.66. The molecule has 2 aromatic carbocycles. The van der Waals surface area contributed by atoms with Crippen LogP contribution in [0.15, 0.2) is 61.1 Å². The number of ether oxygens (including phenoxy) is 2. The van der Waals surface area contributed by atoms with Crippen LogP contribution < -0.4 is 14.8 Å². The molecule has 9 heteroatoms. The molecule has 3 aromatic rings. The second kappa shape index (κ2) is 10.3. The van der Waals surface area contributed by atoms with Crippen molar-refractivity contribution in [3.8, 4) is 22.6 Å². The van der Waals surface area contributed by atoms with E-state index in [1.54, 1.807) is 51.7 Å². The van der Waals surface area contributed by atoms with E-state index in [0.29, 0.717) is 22.9 Å². The summed E-state index contributed by atoms with van der Waals surface area (Å²) in [4.78, 5) is 33.3. The van der Waals surface area contributed by atoms with Crippen molar-refractivity contribution in [3.63, 3.8) is 0 Å². The average molecular weight is 436 g/mol. The molecule has 0 aliphatic heterocycles. The van der Waals surface area contributed by atoms with Gasteiger partial charge in [-0.3, -0.25) is 0 Å². The molecule has 0 fully saturated rings. The van der Waals surface area contributed by atoms with Gasteiger partial charge in [0.25, 0.3) is 0 Å². The van der Waals surface area contributed by atoms with E-state index in [1.165, 1.54) is 11.2 Å². The van der Waals surface area contributed by atoms with Crippen LogP contribution in [0.1, 0.15) is 5.56 Å². The number of hydrogen-bond donors (Lipinski definition) is 2. The van der Waals surface area contributed by atoms with E-state index in [4.69, 9.17) is 9.47 Å². The predicted molar refractivity (Wildman–Crippen MR) is 119 cm³/mol. The fourth-order valence-electron chi connectivity index (χ4n) is 3.00. The number of nitrogens with one attached hydrogen (secondary N) is 1. The van der Waals surface area contributed by atoms with Crippen LogP contribution in [0.2, 0.25) is 0 Å². The molecule has 1 atom stereocenters. The van der Waals surface area contributed by atoms with Gasteiger partial charge in [-0.05, 0) is 23.8 Å². The summed E-state index contributed by atoms with van der Waals surface area (Å²) in [6, 6.07) is 13.1. The Bertz CT molecular complexity index is 1090. The van der Waals surface area contributed by atoms with Crippen molar-refractivity contribution < 1.29 is 24.2 Å². The summed E-state index contributed by atoms with van der Waals surface area (Å²) in [6.45, 7) is 0. The fraction of sp³-hybridized carbons (Fsp3) is 0.217. The molecule has 2 N–H and O–H groups in total. The van der Waals surface area contributed by atoms with Gasteiger partial charge in [-0.15, -0.1) is 0 Å². The highest BCUT2D eigenvalue weighted by atomic mass is 16.6. The largest absolute Gasteiger partial charge is 0.496 e. The number of hydrogen-bond acceptors (Lipinski definition) is 7. The zero-order valence-corrected chi connectivity index (χ0v) is 18.0. The molecule has 0 unspecified atom stereocenters. The van der Waals surface area contributed by atoms with Gasteiger partial charge in [0.1, 0.15) is 29.7 Å². The Morgan fingerprint density at radius 3 is 2.47 bits per heavy atom. The number of anilines is 1. The lowest BCUT2D eigenvalue weighted by atomic mass is 10.0. The smallest absolute Gasteiger partial charge is 0.414 e. The first-order chi connectivity index (χ1) is 15.4. The third kappa shape index (κ3) is 5.51. The second-order valence-corrected chi connectivity index (χ2v) is 7.13. The minimum atomic E-state index is -1.03. The third-order valence-electron chi connectivity index (χ3n) is 4.65. The molecule has 32 heavy (non-hydrogen) atoms. The number of nitrogens with zero attached hydrogens (tertiary/aromatic N) is 3. The van der Waals surface area contributed by atoms with Gasteiger partial charge in [-0.2, -0.15) is 0 Å².